The summed E-state index contributed by atoms with van der Waals surface area (Å²) in [5, 5.41) is 0. The first kappa shape index (κ1) is 4.49. The number of rotatable bonds is 0. The van der Waals surface area contributed by atoms with Crippen LogP contribution in [0.25, 0.3) is 0 Å². The normalized spacial score (nSPS) is 12.9. The van der Waals surface area contributed by atoms with Crippen LogP contribution in [0.1, 0.15) is 0 Å². The first-order valence-electron chi connectivity index (χ1n) is 2.60. The Morgan fingerprint density at radius 2 is 2.56 bits per heavy atom. The van der Waals surface area contributed by atoms with Crippen molar-refractivity contribution in [3.63, 3.8) is 0 Å². The first-order valence-corrected chi connectivity index (χ1v) is 2.60. The van der Waals surface area contributed by atoms with Gasteiger partial charge in [-0.2, -0.15) is 0 Å². The quantitative estimate of drug-likeness (QED) is 0.499. The fourth-order valence-corrected chi connectivity index (χ4v) is 0.710. The predicted molar refractivity (Wildman–Crippen MR) is 32.7 cm³/mol. The Morgan fingerprint density at radius 3 is 3.44 bits per heavy atom. The van der Waals surface area contributed by atoms with Crippen LogP contribution in [0.3, 0.4) is 0 Å². The Hall–Kier alpha value is -1.38. The molecule has 9 heavy (non-hydrogen) atoms. The summed E-state index contributed by atoms with van der Waals surface area (Å²) < 4.78 is 4.97. The van der Waals surface area contributed by atoms with E-state index >= 15 is 0 Å². The lowest BCUT2D eigenvalue weighted by atomic mass is 10.4. The Balaban J connectivity index is 2.63. The van der Waals surface area contributed by atoms with Gasteiger partial charge in [0.25, 0.3) is 0 Å². The summed E-state index contributed by atoms with van der Waals surface area (Å²) in [5.41, 5.74) is 0.803. The summed E-state index contributed by atoms with van der Waals surface area (Å²) in [5.74, 6) is 0.782. The number of aliphatic imine (C=N–C) groups is 1. The number of aromatic nitrogens is 1. The average Bonchev–Trinajstić information content (AvgIpc) is 2.33. The predicted octanol–water partition coefficient (Wildman–Crippen LogP) is 0.470. The Morgan fingerprint density at radius 1 is 1.56 bits per heavy atom. The summed E-state index contributed by atoms with van der Waals surface area (Å²) in [4.78, 5) is 7.75. The van der Waals surface area contributed by atoms with Gasteiger partial charge in [0.05, 0.1) is 0 Å². The molecule has 0 fully saturated rings. The smallest absolute Gasteiger partial charge is 0.399 e. The van der Waals surface area contributed by atoms with Crippen molar-refractivity contribution in [1.29, 1.82) is 0 Å². The largest absolute Gasteiger partial charge is 0.404 e. The van der Waals surface area contributed by atoms with E-state index in [4.69, 9.17) is 4.74 Å². The lowest BCUT2D eigenvalue weighted by Gasteiger charge is -1.83. The van der Waals surface area contributed by atoms with Crippen LogP contribution in [-0.4, -0.2) is 11.4 Å². The summed E-state index contributed by atoms with van der Waals surface area (Å²) in [6, 6.07) is 1.78. The van der Waals surface area contributed by atoms with E-state index < -0.39 is 0 Å². The van der Waals surface area contributed by atoms with Crippen molar-refractivity contribution < 1.29 is 4.74 Å². The van der Waals surface area contributed by atoms with Crippen molar-refractivity contribution >= 4 is 12.1 Å². The lowest BCUT2D eigenvalue weighted by molar-refractivity contribution is 0.591. The monoisotopic (exact) mass is 120 g/mol. The third-order valence-corrected chi connectivity index (χ3v) is 1.13. The molecule has 1 aliphatic heterocycles. The van der Waals surface area contributed by atoms with Crippen molar-refractivity contribution in [3.05, 3.63) is 18.5 Å². The zero-order valence-corrected chi connectivity index (χ0v) is 4.61. The fourth-order valence-electron chi connectivity index (χ4n) is 0.710. The molecule has 1 aromatic heterocycles. The van der Waals surface area contributed by atoms with Gasteiger partial charge in [-0.25, -0.2) is 0 Å². The van der Waals surface area contributed by atoms with Crippen molar-refractivity contribution in [2.45, 2.75) is 0 Å². The van der Waals surface area contributed by atoms with Gasteiger partial charge >= 0.3 is 12.1 Å². The van der Waals surface area contributed by atoms with Gasteiger partial charge in [-0.15, -0.1) is 0 Å². The molecule has 0 N–H and O–H groups in total. The van der Waals surface area contributed by atoms with Gasteiger partial charge < -0.3 is 4.74 Å². The highest BCUT2D eigenvalue weighted by Crippen LogP contribution is 2.22. The third kappa shape index (κ3) is 0.579. The Labute approximate surface area is 52.0 Å². The average molecular weight is 120 g/mol. The molecule has 0 bridgehead atoms. The molecule has 1 aliphatic rings. The molecule has 3 heteroatoms. The van der Waals surface area contributed by atoms with E-state index in [-0.39, 0.29) is 0 Å². The maximum Gasteiger partial charge on any atom is 0.404 e. The van der Waals surface area contributed by atoms with Crippen LogP contribution >= 0.6 is 0 Å². The Kier molecular flexibility index (Phi) is 0.773. The molecule has 0 saturated heterocycles. The SMILES string of the molecule is C1=[N+]c2cnccc2O1. The number of hydrogen-bond acceptors (Lipinski definition) is 3. The fraction of sp³-hybridized carbons (Fsp3) is 0. The number of nitrogens with zero attached hydrogens (tertiary/aromatic N) is 2. The molecule has 43 valence electrons. The zero-order valence-electron chi connectivity index (χ0n) is 4.61. The third-order valence-electron chi connectivity index (χ3n) is 1.13. The van der Waals surface area contributed by atoms with Crippen LogP contribution in [0.5, 0.6) is 5.75 Å². The minimum absolute atomic E-state index is 0.782. The molecular weight excluding hydrogens is 116 g/mol. The highest BCUT2D eigenvalue weighted by atomic mass is 16.5. The maximum absolute atomic E-state index is 4.97. The second-order valence-corrected chi connectivity index (χ2v) is 1.70. The molecule has 0 saturated carbocycles. The molecule has 0 amide bonds. The van der Waals surface area contributed by atoms with Gasteiger partial charge in [0, 0.05) is 12.3 Å². The van der Waals surface area contributed by atoms with Crippen LogP contribution in [-0.2, 0) is 0 Å². The van der Waals surface area contributed by atoms with Crippen molar-refractivity contribution in [2.75, 3.05) is 0 Å². The van der Waals surface area contributed by atoms with E-state index in [9.17, 15) is 0 Å². The molecule has 2 rings (SSSR count). The van der Waals surface area contributed by atoms with E-state index in [0.717, 1.165) is 11.4 Å². The van der Waals surface area contributed by atoms with E-state index in [1.165, 1.54) is 6.40 Å². The topological polar surface area (TPSA) is 36.2 Å². The lowest BCUT2D eigenvalue weighted by Crippen LogP contribution is -1.81. The van der Waals surface area contributed by atoms with Crippen LogP contribution < -0.4 is 9.73 Å². The van der Waals surface area contributed by atoms with E-state index in [1.54, 1.807) is 18.5 Å². The summed E-state index contributed by atoms with van der Waals surface area (Å²) in [6.07, 6.45) is 4.75. The van der Waals surface area contributed by atoms with E-state index in [0.29, 0.717) is 0 Å². The van der Waals surface area contributed by atoms with Crippen LogP contribution in [0, 0.1) is 0 Å². The number of ether oxygens (including phenoxy) is 1. The van der Waals surface area contributed by atoms with Gasteiger partial charge in [0.2, 0.25) is 5.75 Å². The molecule has 0 aliphatic carbocycles. The van der Waals surface area contributed by atoms with Crippen molar-refractivity contribution in [3.8, 4) is 5.75 Å². The molecule has 0 atom stereocenters. The van der Waals surface area contributed by atoms with Gasteiger partial charge in [-0.1, -0.05) is 0 Å². The highest BCUT2D eigenvalue weighted by Gasteiger charge is 2.18. The van der Waals surface area contributed by atoms with Gasteiger partial charge in [-0.3, -0.25) is 4.98 Å². The second kappa shape index (κ2) is 1.55. The molecule has 3 nitrogen and oxygen atoms in total. The first-order chi connectivity index (χ1) is 4.47. The number of fused-ring (bicyclic) bond motifs is 1. The standard InChI is InChI=1S/C6H4N2O/c1-2-7-3-5-6(1)9-4-8-5/h1-4H/q+1. The van der Waals surface area contributed by atoms with Gasteiger partial charge in [0.1, 0.15) is 11.2 Å². The molecule has 0 unspecified atom stereocenters. The molecule has 0 spiro atoms. The van der Waals surface area contributed by atoms with Crippen LogP contribution in [0.2, 0.25) is 0 Å². The zero-order chi connectivity index (χ0) is 6.10. The summed E-state index contributed by atoms with van der Waals surface area (Å²) in [6.45, 7) is 0. The molecular formula is C6H4N2O+. The van der Waals surface area contributed by atoms with E-state index in [2.05, 4.69) is 9.98 Å². The minimum Gasteiger partial charge on any atom is -0.399 e. The number of hydrogen-bond donors (Lipinski definition) is 0. The molecule has 1 aromatic rings. The van der Waals surface area contributed by atoms with Crippen LogP contribution in [0.4, 0.5) is 5.69 Å². The second-order valence-electron chi connectivity index (χ2n) is 1.70. The molecule has 0 aromatic carbocycles. The van der Waals surface area contributed by atoms with Crippen LogP contribution in [0.15, 0.2) is 18.5 Å². The van der Waals surface area contributed by atoms with Crippen molar-refractivity contribution in [1.82, 2.24) is 9.98 Å². The number of pyridine rings is 1. The summed E-state index contributed by atoms with van der Waals surface area (Å²) >= 11 is 0. The van der Waals surface area contributed by atoms with Gasteiger partial charge in [-0.05, 0) is 0 Å². The Bertz CT molecular complexity index is 257. The maximum atomic E-state index is 4.97. The van der Waals surface area contributed by atoms with Gasteiger partial charge in [0.15, 0.2) is 0 Å². The summed E-state index contributed by atoms with van der Waals surface area (Å²) in [7, 11) is 0. The highest BCUT2D eigenvalue weighted by molar-refractivity contribution is 5.67. The minimum atomic E-state index is 0.782. The van der Waals surface area contributed by atoms with Crippen molar-refractivity contribution in [2.24, 2.45) is 0 Å². The molecule has 2 heterocycles. The van der Waals surface area contributed by atoms with E-state index in [1.807, 2.05) is 0 Å². The molecule has 1 radical (unpaired) electrons.